The number of pyridine rings is 1. The van der Waals surface area contributed by atoms with E-state index in [0.29, 0.717) is 17.1 Å². The molecule has 7 nitrogen and oxygen atoms in total. The first-order valence-corrected chi connectivity index (χ1v) is 8.84. The van der Waals surface area contributed by atoms with E-state index in [2.05, 4.69) is 30.5 Å². The summed E-state index contributed by atoms with van der Waals surface area (Å²) in [5.41, 5.74) is 3.56. The van der Waals surface area contributed by atoms with Crippen LogP contribution in [0.25, 0.3) is 22.4 Å². The highest BCUT2D eigenvalue weighted by atomic mass is 16.2. The quantitative estimate of drug-likeness (QED) is 0.507. The van der Waals surface area contributed by atoms with Crippen LogP contribution in [0.5, 0.6) is 0 Å². The summed E-state index contributed by atoms with van der Waals surface area (Å²) in [6.07, 6.45) is 1.69. The number of hydrogen-bond acceptors (Lipinski definition) is 4. The highest BCUT2D eigenvalue weighted by Gasteiger charge is 2.23. The van der Waals surface area contributed by atoms with Crippen molar-refractivity contribution in [1.29, 1.82) is 0 Å². The summed E-state index contributed by atoms with van der Waals surface area (Å²) in [5.74, 6) is 0.667. The van der Waals surface area contributed by atoms with Crippen molar-refractivity contribution in [2.24, 2.45) is 5.92 Å². The number of carbonyl (C=O) groups is 1. The first-order chi connectivity index (χ1) is 13.1. The van der Waals surface area contributed by atoms with Gasteiger partial charge in [0.2, 0.25) is 0 Å². The molecule has 0 spiro atoms. The maximum Gasteiger partial charge on any atom is 0.269 e. The Morgan fingerprint density at radius 1 is 1.07 bits per heavy atom. The first kappa shape index (κ1) is 17.0. The van der Waals surface area contributed by atoms with E-state index < -0.39 is 0 Å². The number of benzene rings is 1. The van der Waals surface area contributed by atoms with E-state index in [1.165, 1.54) is 0 Å². The predicted molar refractivity (Wildman–Crippen MR) is 103 cm³/mol. The van der Waals surface area contributed by atoms with Gasteiger partial charge in [-0.3, -0.25) is 14.9 Å². The zero-order valence-electron chi connectivity index (χ0n) is 15.1. The van der Waals surface area contributed by atoms with Crippen molar-refractivity contribution >= 4 is 16.9 Å². The highest BCUT2D eigenvalue weighted by molar-refractivity contribution is 5.93. The number of H-pyrrole nitrogens is 2. The van der Waals surface area contributed by atoms with E-state index in [-0.39, 0.29) is 17.9 Å². The molecule has 3 N–H and O–H groups in total. The molecule has 1 atom stereocenters. The topological polar surface area (TPSA) is 99.3 Å². The van der Waals surface area contributed by atoms with Gasteiger partial charge in [-0.2, -0.15) is 5.10 Å². The molecule has 0 fully saturated rings. The third kappa shape index (κ3) is 3.44. The van der Waals surface area contributed by atoms with Crippen LogP contribution in [0.3, 0.4) is 0 Å². The zero-order chi connectivity index (χ0) is 18.8. The molecule has 27 heavy (non-hydrogen) atoms. The van der Waals surface area contributed by atoms with Crippen molar-refractivity contribution in [3.63, 3.8) is 0 Å². The average molecular weight is 360 g/mol. The van der Waals surface area contributed by atoms with Gasteiger partial charge in [-0.1, -0.05) is 32.0 Å². The van der Waals surface area contributed by atoms with E-state index in [1.54, 1.807) is 12.3 Å². The van der Waals surface area contributed by atoms with Gasteiger partial charge in [0.05, 0.1) is 22.8 Å². The molecular formula is C20H20N6O. The van der Waals surface area contributed by atoms with Gasteiger partial charge in [-0.15, -0.1) is 0 Å². The van der Waals surface area contributed by atoms with Gasteiger partial charge in [-0.25, -0.2) is 4.98 Å². The molecule has 136 valence electrons. The molecule has 0 unspecified atom stereocenters. The van der Waals surface area contributed by atoms with Crippen molar-refractivity contribution in [1.82, 2.24) is 30.5 Å². The molecule has 4 aromatic rings. The number of nitrogens with zero attached hydrogens (tertiary/aromatic N) is 3. The van der Waals surface area contributed by atoms with Gasteiger partial charge in [0.15, 0.2) is 0 Å². The molecule has 0 radical (unpaired) electrons. The number of para-hydroxylation sites is 2. The van der Waals surface area contributed by atoms with Crippen LogP contribution in [-0.2, 0) is 0 Å². The summed E-state index contributed by atoms with van der Waals surface area (Å²) in [5, 5.41) is 10.0. The van der Waals surface area contributed by atoms with Crippen LogP contribution in [0.15, 0.2) is 54.7 Å². The van der Waals surface area contributed by atoms with Gasteiger partial charge >= 0.3 is 0 Å². The van der Waals surface area contributed by atoms with E-state index in [0.717, 1.165) is 16.9 Å². The number of carbonyl (C=O) groups excluding carboxylic acids is 1. The average Bonchev–Trinajstić information content (AvgIpc) is 3.33. The SMILES string of the molecule is CC(C)[C@H](NC(=O)c1cc(-c2ccccn2)n[nH]1)c1nc2ccccc2[nH]1. The Morgan fingerprint density at radius 3 is 2.63 bits per heavy atom. The molecule has 3 heterocycles. The van der Waals surface area contributed by atoms with Crippen molar-refractivity contribution < 1.29 is 4.79 Å². The molecule has 0 saturated heterocycles. The second-order valence-electron chi connectivity index (χ2n) is 6.72. The molecule has 1 amide bonds. The molecule has 0 saturated carbocycles. The fraction of sp³-hybridized carbons (Fsp3) is 0.200. The van der Waals surface area contributed by atoms with Gasteiger partial charge in [0.1, 0.15) is 17.2 Å². The largest absolute Gasteiger partial charge is 0.341 e. The van der Waals surface area contributed by atoms with Crippen LogP contribution in [0, 0.1) is 5.92 Å². The van der Waals surface area contributed by atoms with Crippen LogP contribution in [-0.4, -0.2) is 31.1 Å². The molecule has 0 aliphatic heterocycles. The molecule has 0 aliphatic carbocycles. The molecule has 4 rings (SSSR count). The maximum absolute atomic E-state index is 12.7. The fourth-order valence-electron chi connectivity index (χ4n) is 2.97. The van der Waals surface area contributed by atoms with Gasteiger partial charge < -0.3 is 10.3 Å². The number of aromatic amines is 2. The lowest BCUT2D eigenvalue weighted by molar-refractivity contribution is 0.0918. The van der Waals surface area contributed by atoms with Gasteiger partial charge in [0.25, 0.3) is 5.91 Å². The van der Waals surface area contributed by atoms with Crippen molar-refractivity contribution in [2.45, 2.75) is 19.9 Å². The summed E-state index contributed by atoms with van der Waals surface area (Å²) in [6, 6.07) is 14.8. The fourth-order valence-corrected chi connectivity index (χ4v) is 2.97. The van der Waals surface area contributed by atoms with Crippen LogP contribution in [0.4, 0.5) is 0 Å². The first-order valence-electron chi connectivity index (χ1n) is 8.84. The minimum absolute atomic E-state index is 0.160. The number of nitrogens with one attached hydrogen (secondary N) is 3. The summed E-state index contributed by atoms with van der Waals surface area (Å²) >= 11 is 0. The molecule has 1 aromatic carbocycles. The second kappa shape index (κ2) is 7.03. The molecule has 3 aromatic heterocycles. The van der Waals surface area contributed by atoms with E-state index in [1.807, 2.05) is 56.3 Å². The summed E-state index contributed by atoms with van der Waals surface area (Å²) in [7, 11) is 0. The lowest BCUT2D eigenvalue weighted by atomic mass is 10.0. The van der Waals surface area contributed by atoms with E-state index in [4.69, 9.17) is 0 Å². The second-order valence-corrected chi connectivity index (χ2v) is 6.72. The Morgan fingerprint density at radius 2 is 1.89 bits per heavy atom. The van der Waals surface area contributed by atoms with Crippen LogP contribution >= 0.6 is 0 Å². The third-order valence-electron chi connectivity index (χ3n) is 4.41. The van der Waals surface area contributed by atoms with Crippen LogP contribution < -0.4 is 5.32 Å². The standard InChI is InChI=1S/C20H20N6O/c1-12(2)18(19-22-14-8-3-4-9-15(14)23-19)24-20(27)17-11-16(25-26-17)13-7-5-6-10-21-13/h3-12,18H,1-2H3,(H,22,23)(H,24,27)(H,25,26)/t18-/m0/s1. The normalized spacial score (nSPS) is 12.4. The Kier molecular flexibility index (Phi) is 4.42. The van der Waals surface area contributed by atoms with Crippen molar-refractivity contribution in [3.05, 3.63) is 66.2 Å². The number of fused-ring (bicyclic) bond motifs is 1. The minimum atomic E-state index is -0.244. The van der Waals surface area contributed by atoms with Crippen LogP contribution in [0.2, 0.25) is 0 Å². The number of imidazole rings is 1. The molecular weight excluding hydrogens is 340 g/mol. The summed E-state index contributed by atoms with van der Waals surface area (Å²) in [6.45, 7) is 4.09. The number of amides is 1. The monoisotopic (exact) mass is 360 g/mol. The van der Waals surface area contributed by atoms with Gasteiger partial charge in [-0.05, 0) is 36.2 Å². The molecule has 7 heteroatoms. The lowest BCUT2D eigenvalue weighted by Crippen LogP contribution is -2.32. The van der Waals surface area contributed by atoms with Crippen molar-refractivity contribution in [2.75, 3.05) is 0 Å². The highest BCUT2D eigenvalue weighted by Crippen LogP contribution is 2.23. The predicted octanol–water partition coefficient (Wildman–Crippen LogP) is 3.48. The Balaban J connectivity index is 1.57. The Labute approximate surface area is 156 Å². The zero-order valence-corrected chi connectivity index (χ0v) is 15.1. The number of rotatable bonds is 5. The Bertz CT molecular complexity index is 1030. The van der Waals surface area contributed by atoms with Gasteiger partial charge in [0, 0.05) is 6.20 Å². The maximum atomic E-state index is 12.7. The summed E-state index contributed by atoms with van der Waals surface area (Å²) in [4.78, 5) is 24.9. The van der Waals surface area contributed by atoms with Crippen molar-refractivity contribution in [3.8, 4) is 11.4 Å². The van der Waals surface area contributed by atoms with E-state index in [9.17, 15) is 4.79 Å². The number of aromatic nitrogens is 5. The number of hydrogen-bond donors (Lipinski definition) is 3. The Hall–Kier alpha value is -3.48. The molecule has 0 bridgehead atoms. The minimum Gasteiger partial charge on any atom is -0.341 e. The third-order valence-corrected chi connectivity index (χ3v) is 4.41. The van der Waals surface area contributed by atoms with E-state index >= 15 is 0 Å². The molecule has 0 aliphatic rings. The van der Waals surface area contributed by atoms with Crippen LogP contribution in [0.1, 0.15) is 36.2 Å². The lowest BCUT2D eigenvalue weighted by Gasteiger charge is -2.19. The summed E-state index contributed by atoms with van der Waals surface area (Å²) < 4.78 is 0. The smallest absolute Gasteiger partial charge is 0.269 e.